The normalized spacial score (nSPS) is 21.4. The van der Waals surface area contributed by atoms with Gasteiger partial charge in [-0.05, 0) is 49.4 Å². The number of nitrogens with zero attached hydrogens (tertiary/aromatic N) is 2. The Hall–Kier alpha value is -2.53. The van der Waals surface area contributed by atoms with Crippen LogP contribution in [0.2, 0.25) is 5.02 Å². The highest BCUT2D eigenvalue weighted by atomic mass is 35.5. The summed E-state index contributed by atoms with van der Waals surface area (Å²) in [6, 6.07) is 11.0. The highest BCUT2D eigenvalue weighted by Gasteiger charge is 2.55. The molecule has 35 heavy (non-hydrogen) atoms. The van der Waals surface area contributed by atoms with Gasteiger partial charge in [0.2, 0.25) is 15.9 Å². The Morgan fingerprint density at radius 1 is 1.23 bits per heavy atom. The lowest BCUT2D eigenvalue weighted by Gasteiger charge is -2.46. The summed E-state index contributed by atoms with van der Waals surface area (Å²) < 4.78 is 41.1. The Morgan fingerprint density at radius 2 is 1.89 bits per heavy atom. The molecule has 1 spiro atoms. The van der Waals surface area contributed by atoms with Gasteiger partial charge in [0.15, 0.2) is 0 Å². The van der Waals surface area contributed by atoms with E-state index in [-0.39, 0.29) is 48.2 Å². The predicted molar refractivity (Wildman–Crippen MR) is 128 cm³/mol. The number of piperidine rings is 1. The molecular formula is C24H27ClFN3O5S. The van der Waals surface area contributed by atoms with Gasteiger partial charge in [0.05, 0.1) is 21.6 Å². The monoisotopic (exact) mass is 523 g/mol. The second-order valence-corrected chi connectivity index (χ2v) is 11.2. The van der Waals surface area contributed by atoms with Crippen molar-refractivity contribution in [2.75, 3.05) is 13.1 Å². The number of sulfonamides is 1. The molecule has 2 saturated heterocycles. The molecule has 2 atom stereocenters. The molecule has 2 aliphatic rings. The third kappa shape index (κ3) is 4.80. The minimum Gasteiger partial charge on any atom is -0.480 e. The van der Waals surface area contributed by atoms with Crippen molar-refractivity contribution in [3.05, 3.63) is 64.9 Å². The lowest BCUT2D eigenvalue weighted by molar-refractivity contribution is -0.154. The lowest BCUT2D eigenvalue weighted by Crippen LogP contribution is -2.63. The fraction of sp³-hybridized carbons (Fsp3) is 0.417. The number of halogens is 2. The number of hydrogen-bond acceptors (Lipinski definition) is 5. The maximum atomic E-state index is 13.5. The van der Waals surface area contributed by atoms with Crippen molar-refractivity contribution in [2.45, 2.75) is 55.2 Å². The van der Waals surface area contributed by atoms with Crippen LogP contribution in [0.1, 0.15) is 31.7 Å². The van der Waals surface area contributed by atoms with Crippen LogP contribution in [-0.4, -0.2) is 65.4 Å². The van der Waals surface area contributed by atoms with Crippen molar-refractivity contribution in [3.8, 4) is 0 Å². The van der Waals surface area contributed by atoms with Crippen molar-refractivity contribution in [3.63, 3.8) is 0 Å². The van der Waals surface area contributed by atoms with Crippen LogP contribution in [0.4, 0.5) is 4.39 Å². The summed E-state index contributed by atoms with van der Waals surface area (Å²) >= 11 is 5.79. The Bertz CT molecular complexity index is 1220. The van der Waals surface area contributed by atoms with Crippen molar-refractivity contribution in [1.29, 1.82) is 0 Å². The third-order valence-corrected chi connectivity index (χ3v) is 8.97. The van der Waals surface area contributed by atoms with Gasteiger partial charge in [0.25, 0.3) is 0 Å². The number of benzene rings is 2. The summed E-state index contributed by atoms with van der Waals surface area (Å²) in [5.41, 5.74) is -0.0471. The van der Waals surface area contributed by atoms with Crippen LogP contribution < -0.4 is 5.32 Å². The van der Waals surface area contributed by atoms with Crippen LogP contribution in [0.3, 0.4) is 0 Å². The Labute approximate surface area is 208 Å². The lowest BCUT2D eigenvalue weighted by atomic mass is 9.95. The SMILES string of the molecule is CCC(C(=O)O)N1C(=O)C(Cc2ccccc2)NC12CCN(S(=O)(=O)c1ccc(F)c(Cl)c1)CC2. The van der Waals surface area contributed by atoms with Crippen LogP contribution in [0.5, 0.6) is 0 Å². The van der Waals surface area contributed by atoms with E-state index in [2.05, 4.69) is 5.32 Å². The van der Waals surface area contributed by atoms with E-state index in [1.165, 1.54) is 9.21 Å². The fourth-order valence-corrected chi connectivity index (χ4v) is 6.72. The zero-order chi connectivity index (χ0) is 25.4. The summed E-state index contributed by atoms with van der Waals surface area (Å²) in [6.45, 7) is 1.83. The number of carboxylic acids is 1. The molecule has 2 aromatic rings. The van der Waals surface area contributed by atoms with Crippen molar-refractivity contribution in [1.82, 2.24) is 14.5 Å². The largest absolute Gasteiger partial charge is 0.480 e. The second-order valence-electron chi connectivity index (χ2n) is 8.87. The molecular weight excluding hydrogens is 497 g/mol. The molecule has 2 fully saturated rings. The second kappa shape index (κ2) is 9.85. The molecule has 1 amide bonds. The molecule has 4 rings (SSSR count). The van der Waals surface area contributed by atoms with Gasteiger partial charge >= 0.3 is 5.97 Å². The van der Waals surface area contributed by atoms with Crippen molar-refractivity contribution >= 4 is 33.5 Å². The van der Waals surface area contributed by atoms with E-state index in [0.29, 0.717) is 6.42 Å². The maximum Gasteiger partial charge on any atom is 0.326 e. The van der Waals surface area contributed by atoms with Gasteiger partial charge in [-0.3, -0.25) is 10.1 Å². The van der Waals surface area contributed by atoms with Crippen molar-refractivity contribution < 1.29 is 27.5 Å². The molecule has 2 aliphatic heterocycles. The highest BCUT2D eigenvalue weighted by molar-refractivity contribution is 7.89. The molecule has 2 aromatic carbocycles. The Balaban J connectivity index is 1.60. The number of amides is 1. The number of rotatable bonds is 7. The van der Waals surface area contributed by atoms with Gasteiger partial charge in [-0.2, -0.15) is 4.31 Å². The minimum atomic E-state index is -3.95. The van der Waals surface area contributed by atoms with E-state index in [4.69, 9.17) is 11.6 Å². The molecule has 8 nitrogen and oxygen atoms in total. The quantitative estimate of drug-likeness (QED) is 0.578. The molecule has 0 aromatic heterocycles. The van der Waals surface area contributed by atoms with E-state index in [1.54, 1.807) is 6.92 Å². The van der Waals surface area contributed by atoms with E-state index >= 15 is 0 Å². The molecule has 0 saturated carbocycles. The molecule has 2 N–H and O–H groups in total. The first-order chi connectivity index (χ1) is 16.6. The summed E-state index contributed by atoms with van der Waals surface area (Å²) in [4.78, 5) is 26.8. The molecule has 2 unspecified atom stereocenters. The number of hydrogen-bond donors (Lipinski definition) is 2. The highest BCUT2D eigenvalue weighted by Crippen LogP contribution is 2.37. The van der Waals surface area contributed by atoms with Gasteiger partial charge in [-0.1, -0.05) is 48.9 Å². The number of carbonyl (C=O) groups excluding carboxylic acids is 1. The fourth-order valence-electron chi connectivity index (χ4n) is 5.01. The molecule has 0 aliphatic carbocycles. The molecule has 11 heteroatoms. The number of carboxylic acid groups (broad SMARTS) is 1. The van der Waals surface area contributed by atoms with Crippen LogP contribution in [0.15, 0.2) is 53.4 Å². The average molecular weight is 524 g/mol. The summed E-state index contributed by atoms with van der Waals surface area (Å²) in [5.74, 6) is -2.11. The standard InChI is InChI=1S/C24H27ClFN3O5S/c1-2-21(23(31)32)29-22(30)20(14-16-6-4-3-5-7-16)27-24(29)10-12-28(13-11-24)35(33,34)17-8-9-19(26)18(25)15-17/h3-9,15,20-21,27H,2,10-14H2,1H3,(H,31,32). The first-order valence-corrected chi connectivity index (χ1v) is 13.2. The van der Waals surface area contributed by atoms with E-state index in [0.717, 1.165) is 23.8 Å². The van der Waals surface area contributed by atoms with Gasteiger partial charge < -0.3 is 10.0 Å². The molecule has 188 valence electrons. The number of aliphatic carboxylic acids is 1. The van der Waals surface area contributed by atoms with Crippen LogP contribution >= 0.6 is 11.6 Å². The first kappa shape index (κ1) is 25.6. The molecule has 2 heterocycles. The molecule has 0 bridgehead atoms. The third-order valence-electron chi connectivity index (χ3n) is 6.78. The van der Waals surface area contributed by atoms with E-state index in [9.17, 15) is 27.5 Å². The van der Waals surface area contributed by atoms with Crippen molar-refractivity contribution in [2.24, 2.45) is 0 Å². The maximum absolute atomic E-state index is 13.5. The zero-order valence-corrected chi connectivity index (χ0v) is 20.7. The van der Waals surface area contributed by atoms with Gasteiger partial charge in [-0.15, -0.1) is 0 Å². The zero-order valence-electron chi connectivity index (χ0n) is 19.2. The average Bonchev–Trinajstić information content (AvgIpc) is 3.07. The van der Waals surface area contributed by atoms with Crippen LogP contribution in [0.25, 0.3) is 0 Å². The summed E-state index contributed by atoms with van der Waals surface area (Å²) in [7, 11) is -3.95. The summed E-state index contributed by atoms with van der Waals surface area (Å²) in [5, 5.41) is 12.9. The van der Waals surface area contributed by atoms with Crippen LogP contribution in [-0.2, 0) is 26.0 Å². The number of nitrogens with one attached hydrogen (secondary N) is 1. The smallest absolute Gasteiger partial charge is 0.326 e. The molecule has 0 radical (unpaired) electrons. The van der Waals surface area contributed by atoms with Gasteiger partial charge in [0.1, 0.15) is 11.9 Å². The van der Waals surface area contributed by atoms with Crippen LogP contribution in [0, 0.1) is 5.82 Å². The Morgan fingerprint density at radius 3 is 2.46 bits per heavy atom. The number of carbonyl (C=O) groups is 2. The van der Waals surface area contributed by atoms with Gasteiger partial charge in [0, 0.05) is 13.1 Å². The van der Waals surface area contributed by atoms with E-state index < -0.39 is 39.6 Å². The predicted octanol–water partition coefficient (Wildman–Crippen LogP) is 2.87. The first-order valence-electron chi connectivity index (χ1n) is 11.4. The topological polar surface area (TPSA) is 107 Å². The van der Waals surface area contributed by atoms with Gasteiger partial charge in [-0.25, -0.2) is 17.6 Å². The summed E-state index contributed by atoms with van der Waals surface area (Å²) in [6.07, 6.45) is 1.03. The van der Waals surface area contributed by atoms with E-state index in [1.807, 2.05) is 30.3 Å². The Kier molecular flexibility index (Phi) is 7.19. The minimum absolute atomic E-state index is 0.0578.